The number of hydrogen-bond acceptors (Lipinski definition) is 4. The second kappa shape index (κ2) is 9.05. The minimum absolute atomic E-state index is 0.0547. The van der Waals surface area contributed by atoms with Crippen LogP contribution in [-0.4, -0.2) is 30.6 Å². The average Bonchev–Trinajstić information content (AvgIpc) is 3.20. The maximum atomic E-state index is 13.1. The van der Waals surface area contributed by atoms with Gasteiger partial charge in [-0.1, -0.05) is 0 Å². The molecule has 2 N–H and O–H groups in total. The van der Waals surface area contributed by atoms with Gasteiger partial charge in [-0.15, -0.1) is 0 Å². The number of rotatable bonds is 5. The van der Waals surface area contributed by atoms with E-state index in [1.54, 1.807) is 20.8 Å². The van der Waals surface area contributed by atoms with E-state index < -0.39 is 46.9 Å². The van der Waals surface area contributed by atoms with Crippen LogP contribution >= 0.6 is 0 Å². The Morgan fingerprint density at radius 3 is 2.18 bits per heavy atom. The second-order valence-electron chi connectivity index (χ2n) is 10.2. The molecule has 11 heteroatoms. The fourth-order valence-electron chi connectivity index (χ4n) is 4.97. The van der Waals surface area contributed by atoms with Gasteiger partial charge in [0.25, 0.3) is 0 Å². The van der Waals surface area contributed by atoms with Crippen molar-refractivity contribution in [1.82, 2.24) is 10.6 Å². The van der Waals surface area contributed by atoms with E-state index in [0.717, 1.165) is 0 Å². The summed E-state index contributed by atoms with van der Waals surface area (Å²) >= 11 is 0. The van der Waals surface area contributed by atoms with Gasteiger partial charge < -0.3 is 15.4 Å². The number of hydrogen-bond donors (Lipinski definition) is 2. The van der Waals surface area contributed by atoms with Crippen molar-refractivity contribution in [3.63, 3.8) is 0 Å². The quantitative estimate of drug-likeness (QED) is 0.461. The summed E-state index contributed by atoms with van der Waals surface area (Å²) in [4.78, 5) is 25.4. The Balaban J connectivity index is 1.72. The average molecular weight is 494 g/mol. The summed E-state index contributed by atoms with van der Waals surface area (Å²) in [5.41, 5.74) is -4.66. The van der Waals surface area contributed by atoms with E-state index in [-0.39, 0.29) is 35.9 Å². The van der Waals surface area contributed by atoms with E-state index >= 15 is 0 Å². The van der Waals surface area contributed by atoms with Crippen molar-refractivity contribution < 1.29 is 40.7 Å². The van der Waals surface area contributed by atoms with Gasteiger partial charge in [-0.25, -0.2) is 0 Å². The number of alkyl halides is 6. The number of nitrogens with one attached hydrogen (secondary N) is 2. The Morgan fingerprint density at radius 2 is 1.65 bits per heavy atom. The molecule has 3 atom stereocenters. The zero-order chi connectivity index (χ0) is 25.5. The Morgan fingerprint density at radius 1 is 1.06 bits per heavy atom. The molecule has 190 valence electrons. The number of fused-ring (bicyclic) bond motifs is 1. The molecule has 1 saturated heterocycles. The normalized spacial score (nSPS) is 25.2. The van der Waals surface area contributed by atoms with E-state index in [4.69, 9.17) is 4.74 Å². The summed E-state index contributed by atoms with van der Waals surface area (Å²) < 4.78 is 84.0. The summed E-state index contributed by atoms with van der Waals surface area (Å²) in [5, 5.41) is 5.68. The second-order valence-corrected chi connectivity index (χ2v) is 10.2. The largest absolute Gasteiger partial charge is 0.460 e. The number of halogens is 6. The van der Waals surface area contributed by atoms with Crippen molar-refractivity contribution in [2.75, 3.05) is 13.1 Å². The Labute approximate surface area is 193 Å². The summed E-state index contributed by atoms with van der Waals surface area (Å²) in [6, 6.07) is 1.27. The van der Waals surface area contributed by atoms with Crippen LogP contribution in [0.4, 0.5) is 26.3 Å². The molecular weight excluding hydrogens is 466 g/mol. The molecular formula is C23H28F6N2O3. The number of amides is 1. The first-order chi connectivity index (χ1) is 15.5. The molecule has 1 aliphatic heterocycles. The number of carbonyl (C=O) groups is 2. The monoisotopic (exact) mass is 494 g/mol. The van der Waals surface area contributed by atoms with Crippen LogP contribution in [0.25, 0.3) is 0 Å². The van der Waals surface area contributed by atoms with Gasteiger partial charge in [0.15, 0.2) is 0 Å². The molecule has 5 nitrogen and oxygen atoms in total. The highest BCUT2D eigenvalue weighted by molar-refractivity contribution is 5.84. The molecule has 0 aromatic heterocycles. The lowest BCUT2D eigenvalue weighted by Crippen LogP contribution is -2.44. The lowest BCUT2D eigenvalue weighted by atomic mass is 9.79. The van der Waals surface area contributed by atoms with Crippen molar-refractivity contribution in [3.8, 4) is 0 Å². The molecule has 34 heavy (non-hydrogen) atoms. The molecule has 2 aliphatic rings. The third-order valence-corrected chi connectivity index (χ3v) is 6.31. The van der Waals surface area contributed by atoms with Crippen LogP contribution in [0.5, 0.6) is 0 Å². The molecule has 0 bridgehead atoms. The van der Waals surface area contributed by atoms with Gasteiger partial charge in [0.2, 0.25) is 5.91 Å². The van der Waals surface area contributed by atoms with Gasteiger partial charge in [-0.3, -0.25) is 9.59 Å². The topological polar surface area (TPSA) is 67.4 Å². The van der Waals surface area contributed by atoms with Crippen molar-refractivity contribution in [2.45, 2.75) is 64.5 Å². The molecule has 2 fully saturated rings. The van der Waals surface area contributed by atoms with Crippen molar-refractivity contribution in [3.05, 3.63) is 34.9 Å². The third kappa shape index (κ3) is 6.03. The van der Waals surface area contributed by atoms with E-state index in [9.17, 15) is 35.9 Å². The van der Waals surface area contributed by atoms with E-state index in [1.165, 1.54) is 0 Å². The predicted octanol–water partition coefficient (Wildman–Crippen LogP) is 4.69. The number of esters is 1. The van der Waals surface area contributed by atoms with Gasteiger partial charge in [0.05, 0.1) is 16.5 Å². The molecule has 0 spiro atoms. The molecule has 1 aromatic rings. The van der Waals surface area contributed by atoms with E-state index in [2.05, 4.69) is 10.6 Å². The zero-order valence-corrected chi connectivity index (χ0v) is 19.1. The van der Waals surface area contributed by atoms with Crippen LogP contribution in [-0.2, 0) is 33.2 Å². The highest BCUT2D eigenvalue weighted by Gasteiger charge is 2.55. The maximum Gasteiger partial charge on any atom is 0.416 e. The molecule has 1 saturated carbocycles. The number of benzene rings is 1. The highest BCUT2D eigenvalue weighted by atomic mass is 19.4. The van der Waals surface area contributed by atoms with Gasteiger partial charge in [0, 0.05) is 19.5 Å². The van der Waals surface area contributed by atoms with E-state index in [0.29, 0.717) is 38.1 Å². The highest BCUT2D eigenvalue weighted by Crippen LogP contribution is 2.50. The first kappa shape index (κ1) is 26.3. The van der Waals surface area contributed by atoms with Crippen molar-refractivity contribution in [2.24, 2.45) is 17.3 Å². The molecule has 1 amide bonds. The SMILES string of the molecule is CC(C)(C)OC(=O)C[C@@H]1C[C@H]2CNC[C@@]2(C(=O)NCc2cc(C(F)(F)F)cc(C(F)(F)F)c2)C1. The Kier molecular flexibility index (Phi) is 7.00. The fraction of sp³-hybridized carbons (Fsp3) is 0.652. The molecule has 1 aliphatic carbocycles. The predicted molar refractivity (Wildman–Crippen MR) is 110 cm³/mol. The van der Waals surface area contributed by atoms with Crippen LogP contribution in [0.15, 0.2) is 18.2 Å². The van der Waals surface area contributed by atoms with Crippen LogP contribution < -0.4 is 10.6 Å². The summed E-state index contributed by atoms with van der Waals surface area (Å²) in [6.45, 7) is 5.66. The van der Waals surface area contributed by atoms with Crippen molar-refractivity contribution in [1.29, 1.82) is 0 Å². The van der Waals surface area contributed by atoms with E-state index in [1.807, 2.05) is 0 Å². The minimum Gasteiger partial charge on any atom is -0.460 e. The fourth-order valence-corrected chi connectivity index (χ4v) is 4.97. The minimum atomic E-state index is -4.96. The molecule has 3 rings (SSSR count). The Hall–Kier alpha value is -2.30. The smallest absolute Gasteiger partial charge is 0.416 e. The van der Waals surface area contributed by atoms with Crippen molar-refractivity contribution >= 4 is 11.9 Å². The van der Waals surface area contributed by atoms with Crippen LogP contribution in [0.2, 0.25) is 0 Å². The maximum absolute atomic E-state index is 13.1. The third-order valence-electron chi connectivity index (χ3n) is 6.31. The standard InChI is InChI=1S/C23H28F6N2O3/c1-20(2,3)34-18(32)7-13-4-17-11-30-12-21(17,9-13)19(33)31-10-14-5-15(22(24,25)26)8-16(6-14)23(27,28)29/h5-6,8,13,17,30H,4,7,9-12H2,1-3H3,(H,31,33)/t13-,17-,21-/m0/s1. The van der Waals surface area contributed by atoms with Crippen LogP contribution in [0.3, 0.4) is 0 Å². The summed E-state index contributed by atoms with van der Waals surface area (Å²) in [5.74, 6) is -1.00. The molecule has 1 heterocycles. The number of carbonyl (C=O) groups excluding carboxylic acids is 2. The zero-order valence-electron chi connectivity index (χ0n) is 19.1. The first-order valence-electron chi connectivity index (χ1n) is 11.0. The van der Waals surface area contributed by atoms with Gasteiger partial charge in [-0.05, 0) is 75.8 Å². The molecule has 0 unspecified atom stereocenters. The summed E-state index contributed by atoms with van der Waals surface area (Å²) in [7, 11) is 0. The van der Waals surface area contributed by atoms with Crippen LogP contribution in [0, 0.1) is 17.3 Å². The molecule has 1 aromatic carbocycles. The van der Waals surface area contributed by atoms with Gasteiger partial charge in [-0.2, -0.15) is 26.3 Å². The first-order valence-corrected chi connectivity index (χ1v) is 11.0. The lowest BCUT2D eigenvalue weighted by Gasteiger charge is -2.27. The van der Waals surface area contributed by atoms with Gasteiger partial charge >= 0.3 is 18.3 Å². The van der Waals surface area contributed by atoms with Gasteiger partial charge in [0.1, 0.15) is 5.60 Å². The Bertz CT molecular complexity index is 906. The van der Waals surface area contributed by atoms with Crippen LogP contribution in [0.1, 0.15) is 56.7 Å². The molecule has 0 radical (unpaired) electrons. The summed E-state index contributed by atoms with van der Waals surface area (Å²) in [6.07, 6.45) is -8.79. The number of ether oxygens (including phenoxy) is 1. The lowest BCUT2D eigenvalue weighted by molar-refractivity contribution is -0.156.